The molecule has 0 radical (unpaired) electrons. The van der Waals surface area contributed by atoms with E-state index in [9.17, 15) is 9.35 Å². The SMILES string of the molecule is CC(C)[Si](C#Cc1c(Cl)ccc2cccc(-c3nc4c5c(nc([S+](C)[O-])nc5c3F)N3C[C@H]5CC[C@@H]([C@H]3[C@H](C)O4)N5C(=O)OC(C)(C)C)c12)(C(C)C)C(C)C. The number of carbonyl (C=O) groups excluding carboxylic acids is 1. The summed E-state index contributed by atoms with van der Waals surface area (Å²) in [5.41, 5.74) is 5.49. The van der Waals surface area contributed by atoms with E-state index in [4.69, 9.17) is 31.0 Å². The van der Waals surface area contributed by atoms with Gasteiger partial charge in [0.2, 0.25) is 5.88 Å². The molecule has 3 aliphatic rings. The first-order valence-electron chi connectivity index (χ1n) is 19.3. The molecule has 13 heteroatoms. The highest BCUT2D eigenvalue weighted by Gasteiger charge is 2.54. The maximum Gasteiger partial charge on any atom is 0.410 e. The van der Waals surface area contributed by atoms with Crippen molar-refractivity contribution >= 4 is 64.4 Å². The van der Waals surface area contributed by atoms with Gasteiger partial charge in [0, 0.05) is 28.7 Å². The zero-order valence-corrected chi connectivity index (χ0v) is 36.2. The van der Waals surface area contributed by atoms with Crippen LogP contribution in [0.5, 0.6) is 5.88 Å². The van der Waals surface area contributed by atoms with Crippen molar-refractivity contribution in [3.63, 3.8) is 0 Å². The van der Waals surface area contributed by atoms with Crippen LogP contribution in [0.15, 0.2) is 35.5 Å². The van der Waals surface area contributed by atoms with Gasteiger partial charge in [-0.2, -0.15) is 9.97 Å². The monoisotopic (exact) mass is 803 g/mol. The molecule has 0 N–H and O–H groups in total. The maximum atomic E-state index is 17.5. The van der Waals surface area contributed by atoms with E-state index < -0.39 is 36.8 Å². The molecule has 1 unspecified atom stereocenters. The molecule has 7 rings (SSSR count). The molecule has 55 heavy (non-hydrogen) atoms. The van der Waals surface area contributed by atoms with Crippen LogP contribution in [0.2, 0.25) is 21.6 Å². The molecule has 1 amide bonds. The number of piperazine rings is 1. The van der Waals surface area contributed by atoms with Crippen molar-refractivity contribution in [1.82, 2.24) is 19.9 Å². The van der Waals surface area contributed by atoms with E-state index in [2.05, 4.69) is 62.9 Å². The van der Waals surface area contributed by atoms with Crippen molar-refractivity contribution in [3.05, 3.63) is 46.7 Å². The van der Waals surface area contributed by atoms with Gasteiger partial charge in [-0.25, -0.2) is 14.2 Å². The third-order valence-electron chi connectivity index (χ3n) is 11.9. The Hall–Kier alpha value is -3.63. The van der Waals surface area contributed by atoms with Gasteiger partial charge in [0.05, 0.1) is 28.7 Å². The van der Waals surface area contributed by atoms with Gasteiger partial charge in [-0.15, -0.1) is 5.54 Å². The molecule has 9 nitrogen and oxygen atoms in total. The second-order valence-electron chi connectivity index (χ2n) is 17.2. The normalized spacial score (nSPS) is 21.5. The highest BCUT2D eigenvalue weighted by atomic mass is 35.5. The summed E-state index contributed by atoms with van der Waals surface area (Å²) in [6.45, 7) is 21.5. The van der Waals surface area contributed by atoms with Gasteiger partial charge >= 0.3 is 11.2 Å². The van der Waals surface area contributed by atoms with E-state index in [1.54, 1.807) is 0 Å². The zero-order valence-electron chi connectivity index (χ0n) is 33.6. The molecule has 0 aliphatic carbocycles. The Kier molecular flexibility index (Phi) is 10.4. The minimum Gasteiger partial charge on any atom is -0.609 e. The first-order valence-corrected chi connectivity index (χ1v) is 23.5. The molecule has 2 aromatic heterocycles. The Bertz CT molecular complexity index is 2230. The van der Waals surface area contributed by atoms with E-state index >= 15 is 4.39 Å². The molecule has 2 saturated heterocycles. The lowest BCUT2D eigenvalue weighted by Gasteiger charge is -2.48. The fourth-order valence-corrected chi connectivity index (χ4v) is 15.4. The molecule has 0 saturated carbocycles. The number of pyridine rings is 1. The average Bonchev–Trinajstić information content (AvgIpc) is 3.35. The number of halogens is 2. The standard InChI is InChI=1S/C42H51ClFN5O4SSi/c1-22(2)55(23(3)4,24(5)6)20-19-28-30(43)17-15-26-13-12-14-29(32(26)28)35-34(44)36-33-38(47-40(46-36)54(11)51)48-21-27-16-18-31(37(48)25(7)52-39(33)45-35)49(27)41(50)53-42(8,9)10/h12-15,17,22-25,27,31,37H,16,18,21H2,1-11H3/t25-,27+,31-,37+,54?/m0/s1. The summed E-state index contributed by atoms with van der Waals surface area (Å²) in [6.07, 6.45) is 2.12. The number of hydrogen-bond donors (Lipinski definition) is 0. The summed E-state index contributed by atoms with van der Waals surface area (Å²) >= 11 is 5.36. The first-order chi connectivity index (χ1) is 25.8. The van der Waals surface area contributed by atoms with Gasteiger partial charge in [0.15, 0.2) is 11.6 Å². The van der Waals surface area contributed by atoms with E-state index in [1.165, 1.54) is 6.26 Å². The number of anilines is 1. The van der Waals surface area contributed by atoms with Crippen LogP contribution in [-0.4, -0.2) is 81.2 Å². The van der Waals surface area contributed by atoms with Crippen molar-refractivity contribution in [3.8, 4) is 28.6 Å². The lowest BCUT2D eigenvalue weighted by atomic mass is 9.96. The maximum absolute atomic E-state index is 17.5. The summed E-state index contributed by atoms with van der Waals surface area (Å²) in [6, 6.07) is 8.63. The summed E-state index contributed by atoms with van der Waals surface area (Å²) in [4.78, 5) is 31.9. The number of benzene rings is 2. The van der Waals surface area contributed by atoms with Crippen LogP contribution in [0.4, 0.5) is 15.0 Å². The van der Waals surface area contributed by atoms with Crippen LogP contribution >= 0.6 is 11.6 Å². The largest absolute Gasteiger partial charge is 0.609 e. The summed E-state index contributed by atoms with van der Waals surface area (Å²) in [5, 5.41) is 2.33. The Morgan fingerprint density at radius 3 is 2.38 bits per heavy atom. The van der Waals surface area contributed by atoms with Crippen LogP contribution in [0.1, 0.15) is 87.6 Å². The molecule has 2 aromatic carbocycles. The number of ether oxygens (including phenoxy) is 2. The Morgan fingerprint density at radius 1 is 1.05 bits per heavy atom. The van der Waals surface area contributed by atoms with Gasteiger partial charge in [0.1, 0.15) is 42.6 Å². The van der Waals surface area contributed by atoms with Crippen LogP contribution in [0, 0.1) is 17.3 Å². The van der Waals surface area contributed by atoms with Gasteiger partial charge in [0.25, 0.3) is 0 Å². The second kappa shape index (κ2) is 14.4. The smallest absolute Gasteiger partial charge is 0.410 e. The zero-order chi connectivity index (χ0) is 39.9. The average molecular weight is 805 g/mol. The Balaban J connectivity index is 1.44. The van der Waals surface area contributed by atoms with Crippen molar-refractivity contribution in [2.45, 2.75) is 134 Å². The number of nitrogens with zero attached hydrogens (tertiary/aromatic N) is 5. The number of amides is 1. The Morgan fingerprint density at radius 2 is 1.75 bits per heavy atom. The molecular formula is C42H51ClFN5O4SSi. The predicted octanol–water partition coefficient (Wildman–Crippen LogP) is 9.68. The van der Waals surface area contributed by atoms with Crippen LogP contribution in [0.25, 0.3) is 32.9 Å². The lowest BCUT2D eigenvalue weighted by molar-refractivity contribution is 0.000949. The molecule has 2 bridgehead atoms. The van der Waals surface area contributed by atoms with E-state index in [-0.39, 0.29) is 46.5 Å². The quantitative estimate of drug-likeness (QED) is 0.0851. The number of fused-ring (bicyclic) bond motifs is 6. The summed E-state index contributed by atoms with van der Waals surface area (Å²) in [5.74, 6) is 3.46. The van der Waals surface area contributed by atoms with Gasteiger partial charge in [-0.3, -0.25) is 4.90 Å². The lowest BCUT2D eigenvalue weighted by Crippen LogP contribution is -2.65. The van der Waals surface area contributed by atoms with E-state index in [0.717, 1.165) is 18.2 Å². The molecule has 0 spiro atoms. The highest BCUT2D eigenvalue weighted by molar-refractivity contribution is 7.90. The van der Waals surface area contributed by atoms with Crippen LogP contribution in [-0.2, 0) is 15.9 Å². The van der Waals surface area contributed by atoms with Gasteiger partial charge in [-0.1, -0.05) is 83.3 Å². The second-order valence-corrected chi connectivity index (χ2v) is 24.5. The van der Waals surface area contributed by atoms with E-state index in [0.29, 0.717) is 55.9 Å². The topological polar surface area (TPSA) is 104 Å². The van der Waals surface area contributed by atoms with Crippen molar-refractivity contribution in [1.29, 1.82) is 0 Å². The third kappa shape index (κ3) is 6.62. The number of hydrogen-bond acceptors (Lipinski definition) is 8. The van der Waals surface area contributed by atoms with E-state index in [1.807, 2.05) is 62.9 Å². The molecule has 292 valence electrons. The number of rotatable bonds is 5. The molecule has 5 heterocycles. The Labute approximate surface area is 332 Å². The predicted molar refractivity (Wildman–Crippen MR) is 222 cm³/mol. The highest BCUT2D eigenvalue weighted by Crippen LogP contribution is 2.47. The summed E-state index contributed by atoms with van der Waals surface area (Å²) < 4.78 is 43.2. The molecule has 2 fully saturated rings. The minimum atomic E-state index is -2.17. The van der Waals surface area contributed by atoms with Crippen LogP contribution in [0.3, 0.4) is 0 Å². The molecular weight excluding hydrogens is 753 g/mol. The van der Waals surface area contributed by atoms with Crippen molar-refractivity contribution in [2.24, 2.45) is 0 Å². The van der Waals surface area contributed by atoms with Gasteiger partial charge in [-0.05, 0) is 68.6 Å². The minimum absolute atomic E-state index is 0.00426. The fourth-order valence-electron chi connectivity index (χ4n) is 9.60. The molecule has 3 aliphatic heterocycles. The summed E-state index contributed by atoms with van der Waals surface area (Å²) in [7, 11) is -2.17. The van der Waals surface area contributed by atoms with Crippen molar-refractivity contribution < 1.29 is 23.2 Å². The number of carbonyl (C=O) groups is 1. The molecule has 4 aromatic rings. The van der Waals surface area contributed by atoms with Crippen LogP contribution < -0.4 is 9.64 Å². The van der Waals surface area contributed by atoms with Crippen molar-refractivity contribution in [2.75, 3.05) is 17.7 Å². The van der Waals surface area contributed by atoms with Gasteiger partial charge < -0.3 is 18.9 Å². The fraction of sp³-hybridized carbons (Fsp3) is 0.524. The first kappa shape index (κ1) is 39.6. The number of aromatic nitrogens is 3. The molecule has 5 atom stereocenters. The third-order valence-corrected chi connectivity index (χ3v) is 19.2.